The zero-order chi connectivity index (χ0) is 17.8. The van der Waals surface area contributed by atoms with Crippen molar-refractivity contribution in [3.05, 3.63) is 81.6 Å². The molecular formula is C19H18BrN3O2. The molecule has 5 nitrogen and oxygen atoms in total. The zero-order valence-corrected chi connectivity index (χ0v) is 15.4. The highest BCUT2D eigenvalue weighted by molar-refractivity contribution is 9.10. The average molecular weight is 400 g/mol. The molecule has 1 heterocycles. The Balaban J connectivity index is 1.83. The van der Waals surface area contributed by atoms with Crippen LogP contribution in [0.15, 0.2) is 59.1 Å². The van der Waals surface area contributed by atoms with Crippen molar-refractivity contribution in [2.45, 2.75) is 20.1 Å². The van der Waals surface area contributed by atoms with Crippen LogP contribution < -0.4 is 10.5 Å². The highest BCUT2D eigenvalue weighted by Gasteiger charge is 2.12. The van der Waals surface area contributed by atoms with Gasteiger partial charge in [0.2, 0.25) is 0 Å². The number of rotatable bonds is 6. The molecule has 0 spiro atoms. The molecule has 6 heteroatoms. The maximum Gasteiger partial charge on any atom is 0.269 e. The van der Waals surface area contributed by atoms with Crippen molar-refractivity contribution >= 4 is 21.8 Å². The second kappa shape index (κ2) is 7.53. The van der Waals surface area contributed by atoms with E-state index in [2.05, 4.69) is 21.0 Å². The highest BCUT2D eigenvalue weighted by Crippen LogP contribution is 2.25. The van der Waals surface area contributed by atoms with Crippen molar-refractivity contribution < 1.29 is 9.53 Å². The van der Waals surface area contributed by atoms with Crippen LogP contribution in [0.3, 0.4) is 0 Å². The van der Waals surface area contributed by atoms with Crippen LogP contribution in [-0.2, 0) is 13.2 Å². The van der Waals surface area contributed by atoms with Gasteiger partial charge in [0, 0.05) is 15.7 Å². The average Bonchev–Trinajstić information content (AvgIpc) is 2.96. The Hall–Kier alpha value is -2.60. The normalized spacial score (nSPS) is 10.6. The number of ether oxygens (including phenoxy) is 1. The number of hydrogen-bond acceptors (Lipinski definition) is 3. The van der Waals surface area contributed by atoms with E-state index >= 15 is 0 Å². The third kappa shape index (κ3) is 4.28. The van der Waals surface area contributed by atoms with Crippen LogP contribution in [-0.4, -0.2) is 15.7 Å². The topological polar surface area (TPSA) is 70.1 Å². The number of nitrogens with zero attached hydrogens (tertiary/aromatic N) is 2. The zero-order valence-electron chi connectivity index (χ0n) is 13.8. The van der Waals surface area contributed by atoms with E-state index in [1.807, 2.05) is 55.5 Å². The Labute approximate surface area is 154 Å². The van der Waals surface area contributed by atoms with Gasteiger partial charge in [-0.15, -0.1) is 0 Å². The summed E-state index contributed by atoms with van der Waals surface area (Å²) in [6.07, 6.45) is 0. The van der Waals surface area contributed by atoms with Crippen LogP contribution >= 0.6 is 15.9 Å². The van der Waals surface area contributed by atoms with Gasteiger partial charge in [0.25, 0.3) is 5.91 Å². The van der Waals surface area contributed by atoms with Crippen molar-refractivity contribution in [1.82, 2.24) is 9.78 Å². The van der Waals surface area contributed by atoms with Crippen molar-refractivity contribution in [3.63, 3.8) is 0 Å². The van der Waals surface area contributed by atoms with Gasteiger partial charge >= 0.3 is 0 Å². The third-order valence-corrected chi connectivity index (χ3v) is 4.31. The Kier molecular flexibility index (Phi) is 5.19. The van der Waals surface area contributed by atoms with Crippen LogP contribution in [0.2, 0.25) is 0 Å². The van der Waals surface area contributed by atoms with Crippen LogP contribution in [0.4, 0.5) is 0 Å². The van der Waals surface area contributed by atoms with Crippen molar-refractivity contribution in [1.29, 1.82) is 0 Å². The van der Waals surface area contributed by atoms with Crippen molar-refractivity contribution in [2.24, 2.45) is 5.73 Å². The van der Waals surface area contributed by atoms with Gasteiger partial charge in [0.05, 0.1) is 6.54 Å². The molecule has 2 aromatic carbocycles. The van der Waals surface area contributed by atoms with Crippen LogP contribution in [0.25, 0.3) is 0 Å². The summed E-state index contributed by atoms with van der Waals surface area (Å²) in [5.74, 6) is 0.249. The molecule has 0 saturated heterocycles. The predicted molar refractivity (Wildman–Crippen MR) is 99.5 cm³/mol. The smallest absolute Gasteiger partial charge is 0.269 e. The van der Waals surface area contributed by atoms with Crippen molar-refractivity contribution in [3.8, 4) is 5.75 Å². The highest BCUT2D eigenvalue weighted by atomic mass is 79.9. The molecule has 0 aliphatic heterocycles. The molecule has 0 unspecified atom stereocenters. The Bertz CT molecular complexity index is 891. The fourth-order valence-electron chi connectivity index (χ4n) is 2.50. The van der Waals surface area contributed by atoms with E-state index in [-0.39, 0.29) is 5.69 Å². The number of aromatic nitrogens is 2. The molecule has 3 aromatic rings. The molecular weight excluding hydrogens is 382 g/mol. The van der Waals surface area contributed by atoms with Gasteiger partial charge in [-0.1, -0.05) is 46.3 Å². The van der Waals surface area contributed by atoms with E-state index in [1.165, 1.54) is 0 Å². The summed E-state index contributed by atoms with van der Waals surface area (Å²) in [6.45, 7) is 2.87. The summed E-state index contributed by atoms with van der Waals surface area (Å²) >= 11 is 3.49. The number of nitrogens with two attached hydrogens (primary N) is 1. The first-order chi connectivity index (χ1) is 12.0. The standard InChI is InChI=1S/C19H18BrN3O2/c1-13-9-17(19(21)24)22-23(13)11-15-10-16(20)7-8-18(15)25-12-14-5-3-2-4-6-14/h2-10H,11-12H2,1H3,(H2,21,24). The lowest BCUT2D eigenvalue weighted by atomic mass is 10.2. The Morgan fingerprint density at radius 1 is 1.20 bits per heavy atom. The summed E-state index contributed by atoms with van der Waals surface area (Å²) in [6, 6.07) is 17.5. The quantitative estimate of drug-likeness (QED) is 0.686. The number of hydrogen-bond donors (Lipinski definition) is 1. The molecule has 0 radical (unpaired) electrons. The van der Waals surface area contributed by atoms with Crippen LogP contribution in [0.1, 0.15) is 27.3 Å². The van der Waals surface area contributed by atoms with Crippen LogP contribution in [0, 0.1) is 6.92 Å². The van der Waals surface area contributed by atoms with Gasteiger partial charge in [-0.25, -0.2) is 0 Å². The van der Waals surface area contributed by atoms with Gasteiger partial charge < -0.3 is 10.5 Å². The molecule has 0 atom stereocenters. The maximum atomic E-state index is 11.3. The molecule has 0 saturated carbocycles. The van der Waals surface area contributed by atoms with Gasteiger partial charge in [0.1, 0.15) is 18.1 Å². The fraction of sp³-hybridized carbons (Fsp3) is 0.158. The summed E-state index contributed by atoms with van der Waals surface area (Å²) in [5, 5.41) is 4.26. The molecule has 2 N–H and O–H groups in total. The fourth-order valence-corrected chi connectivity index (χ4v) is 2.91. The molecule has 3 rings (SSSR count). The molecule has 0 fully saturated rings. The minimum Gasteiger partial charge on any atom is -0.489 e. The van der Waals surface area contributed by atoms with E-state index in [9.17, 15) is 4.79 Å². The molecule has 1 amide bonds. The number of carbonyl (C=O) groups is 1. The minimum atomic E-state index is -0.531. The number of carbonyl (C=O) groups excluding carboxylic acids is 1. The molecule has 0 bridgehead atoms. The van der Waals surface area contributed by atoms with Gasteiger partial charge in [0.15, 0.2) is 0 Å². The van der Waals surface area contributed by atoms with E-state index in [1.54, 1.807) is 10.7 Å². The number of primary amides is 1. The monoisotopic (exact) mass is 399 g/mol. The largest absolute Gasteiger partial charge is 0.489 e. The molecule has 0 aliphatic carbocycles. The predicted octanol–water partition coefficient (Wildman–Crippen LogP) is 3.68. The van der Waals surface area contributed by atoms with Crippen LogP contribution in [0.5, 0.6) is 5.75 Å². The number of benzene rings is 2. The third-order valence-electron chi connectivity index (χ3n) is 3.81. The van der Waals surface area contributed by atoms with Gasteiger partial charge in [-0.2, -0.15) is 5.10 Å². The van der Waals surface area contributed by atoms with Crippen molar-refractivity contribution in [2.75, 3.05) is 0 Å². The molecule has 0 aliphatic rings. The summed E-state index contributed by atoms with van der Waals surface area (Å²) in [5.41, 5.74) is 8.50. The second-order valence-electron chi connectivity index (χ2n) is 5.72. The minimum absolute atomic E-state index is 0.263. The maximum absolute atomic E-state index is 11.3. The van der Waals surface area contributed by atoms with E-state index < -0.39 is 5.91 Å². The second-order valence-corrected chi connectivity index (χ2v) is 6.63. The SMILES string of the molecule is Cc1cc(C(N)=O)nn1Cc1cc(Br)ccc1OCc1ccccc1. The van der Waals surface area contributed by atoms with E-state index in [4.69, 9.17) is 10.5 Å². The summed E-state index contributed by atoms with van der Waals surface area (Å²) in [4.78, 5) is 11.3. The molecule has 25 heavy (non-hydrogen) atoms. The summed E-state index contributed by atoms with van der Waals surface area (Å²) in [7, 11) is 0. The first-order valence-electron chi connectivity index (χ1n) is 7.82. The molecule has 128 valence electrons. The number of amides is 1. The Morgan fingerprint density at radius 3 is 2.64 bits per heavy atom. The van der Waals surface area contributed by atoms with Gasteiger partial charge in [-0.3, -0.25) is 9.48 Å². The first-order valence-corrected chi connectivity index (χ1v) is 8.61. The lowest BCUT2D eigenvalue weighted by molar-refractivity contribution is 0.0995. The lowest BCUT2D eigenvalue weighted by Gasteiger charge is -2.13. The van der Waals surface area contributed by atoms with Gasteiger partial charge in [-0.05, 0) is 36.8 Å². The van der Waals surface area contributed by atoms with E-state index in [0.717, 1.165) is 27.0 Å². The number of halogens is 1. The van der Waals surface area contributed by atoms with E-state index in [0.29, 0.717) is 13.2 Å². The lowest BCUT2D eigenvalue weighted by Crippen LogP contribution is -2.13. The summed E-state index contributed by atoms with van der Waals surface area (Å²) < 4.78 is 8.69. The first kappa shape index (κ1) is 17.2. The number of aryl methyl sites for hydroxylation is 1. The molecule has 1 aromatic heterocycles. The Morgan fingerprint density at radius 2 is 1.96 bits per heavy atom.